The quantitative estimate of drug-likeness (QED) is 0.654. The Morgan fingerprint density at radius 2 is 1.67 bits per heavy atom. The fraction of sp³-hybridized carbons (Fsp3) is 0.692. The monoisotopic (exact) mass is 211 g/mol. The van der Waals surface area contributed by atoms with Gasteiger partial charge in [0, 0.05) is 19.6 Å². The highest BCUT2D eigenvalue weighted by Gasteiger charge is 2.22. The first-order valence-corrected chi connectivity index (χ1v) is 5.54. The number of aliphatic hydroxyl groups is 1. The van der Waals surface area contributed by atoms with Gasteiger partial charge in [0.15, 0.2) is 0 Å². The molecule has 0 saturated heterocycles. The summed E-state index contributed by atoms with van der Waals surface area (Å²) in [5.41, 5.74) is -0.0337. The van der Waals surface area contributed by atoms with Crippen LogP contribution in [-0.4, -0.2) is 35.7 Å². The summed E-state index contributed by atoms with van der Waals surface area (Å²) in [5, 5.41) is 9.89. The van der Waals surface area contributed by atoms with Gasteiger partial charge in [-0.05, 0) is 11.8 Å². The molecule has 0 aromatic rings. The second-order valence-electron chi connectivity index (χ2n) is 5.01. The van der Waals surface area contributed by atoms with Crippen LogP contribution >= 0.6 is 0 Å². The predicted octanol–water partition coefficient (Wildman–Crippen LogP) is 2.46. The van der Waals surface area contributed by atoms with Crippen molar-refractivity contribution in [1.29, 1.82) is 0 Å². The van der Waals surface area contributed by atoms with Gasteiger partial charge in [0.05, 0.1) is 6.10 Å². The molecule has 0 bridgehead atoms. The van der Waals surface area contributed by atoms with Crippen LogP contribution in [0, 0.1) is 5.41 Å². The van der Waals surface area contributed by atoms with Crippen LogP contribution in [0.15, 0.2) is 25.3 Å². The molecule has 0 aliphatic rings. The van der Waals surface area contributed by atoms with Crippen molar-refractivity contribution in [3.63, 3.8) is 0 Å². The van der Waals surface area contributed by atoms with Crippen molar-refractivity contribution in [3.8, 4) is 0 Å². The van der Waals surface area contributed by atoms with Crippen molar-refractivity contribution in [3.05, 3.63) is 25.3 Å². The van der Waals surface area contributed by atoms with Crippen molar-refractivity contribution in [2.75, 3.05) is 19.6 Å². The van der Waals surface area contributed by atoms with Gasteiger partial charge in [-0.15, -0.1) is 13.2 Å². The summed E-state index contributed by atoms with van der Waals surface area (Å²) in [6.07, 6.45) is 4.31. The summed E-state index contributed by atoms with van der Waals surface area (Å²) in [5.74, 6) is 0. The maximum atomic E-state index is 9.89. The Kier molecular flexibility index (Phi) is 6.53. The molecular weight excluding hydrogens is 186 g/mol. The van der Waals surface area contributed by atoms with Gasteiger partial charge in [0.2, 0.25) is 0 Å². The summed E-state index contributed by atoms with van der Waals surface area (Å²) in [7, 11) is 0. The van der Waals surface area contributed by atoms with E-state index in [1.165, 1.54) is 0 Å². The Bertz CT molecular complexity index is 183. The minimum Gasteiger partial charge on any atom is -0.393 e. The van der Waals surface area contributed by atoms with E-state index in [1.54, 1.807) is 0 Å². The normalized spacial score (nSPS) is 13.9. The topological polar surface area (TPSA) is 23.5 Å². The minimum absolute atomic E-state index is 0.0337. The van der Waals surface area contributed by atoms with Gasteiger partial charge in [-0.2, -0.15) is 0 Å². The van der Waals surface area contributed by atoms with Gasteiger partial charge < -0.3 is 5.11 Å². The lowest BCUT2D eigenvalue weighted by atomic mass is 9.87. The first-order valence-electron chi connectivity index (χ1n) is 5.54. The molecule has 2 heteroatoms. The molecule has 15 heavy (non-hydrogen) atoms. The van der Waals surface area contributed by atoms with E-state index in [0.29, 0.717) is 0 Å². The van der Waals surface area contributed by atoms with Crippen molar-refractivity contribution in [2.24, 2.45) is 5.41 Å². The van der Waals surface area contributed by atoms with Gasteiger partial charge >= 0.3 is 0 Å². The molecule has 2 nitrogen and oxygen atoms in total. The summed E-state index contributed by atoms with van der Waals surface area (Å²) in [4.78, 5) is 2.22. The lowest BCUT2D eigenvalue weighted by molar-refractivity contribution is 0.0476. The van der Waals surface area contributed by atoms with Crippen molar-refractivity contribution >= 4 is 0 Å². The molecule has 0 fully saturated rings. The average molecular weight is 211 g/mol. The zero-order chi connectivity index (χ0) is 11.9. The van der Waals surface area contributed by atoms with E-state index >= 15 is 0 Å². The highest BCUT2D eigenvalue weighted by atomic mass is 16.3. The van der Waals surface area contributed by atoms with E-state index in [4.69, 9.17) is 0 Å². The largest absolute Gasteiger partial charge is 0.393 e. The van der Waals surface area contributed by atoms with Gasteiger partial charge in [-0.1, -0.05) is 32.9 Å². The zero-order valence-electron chi connectivity index (χ0n) is 10.4. The summed E-state index contributed by atoms with van der Waals surface area (Å²) < 4.78 is 0. The lowest BCUT2D eigenvalue weighted by Crippen LogP contribution is -2.33. The third-order valence-corrected chi connectivity index (χ3v) is 2.49. The highest BCUT2D eigenvalue weighted by Crippen LogP contribution is 2.21. The number of aliphatic hydroxyl groups excluding tert-OH is 1. The standard InChI is InChI=1S/C13H25NO/c1-6-9-14(10-7-2)11-8-12(15)13(3,4)5/h6-7,12,15H,1-2,8-11H2,3-5H3. The Balaban J connectivity index is 3.97. The molecule has 0 radical (unpaired) electrons. The molecule has 0 amide bonds. The number of nitrogens with zero attached hydrogens (tertiary/aromatic N) is 1. The highest BCUT2D eigenvalue weighted by molar-refractivity contribution is 4.81. The van der Waals surface area contributed by atoms with Gasteiger partial charge in [0.1, 0.15) is 0 Å². The molecule has 0 aromatic heterocycles. The number of rotatable bonds is 7. The smallest absolute Gasteiger partial charge is 0.0600 e. The summed E-state index contributed by atoms with van der Waals surface area (Å²) in [6, 6.07) is 0. The maximum Gasteiger partial charge on any atom is 0.0600 e. The fourth-order valence-corrected chi connectivity index (χ4v) is 1.36. The van der Waals surface area contributed by atoms with Crippen LogP contribution in [0.5, 0.6) is 0 Å². The van der Waals surface area contributed by atoms with Crippen molar-refractivity contribution < 1.29 is 5.11 Å². The zero-order valence-corrected chi connectivity index (χ0v) is 10.4. The Morgan fingerprint density at radius 1 is 1.20 bits per heavy atom. The van der Waals surface area contributed by atoms with E-state index in [9.17, 15) is 5.11 Å². The molecule has 0 saturated carbocycles. The molecule has 1 N–H and O–H groups in total. The van der Waals surface area contributed by atoms with Crippen LogP contribution in [-0.2, 0) is 0 Å². The van der Waals surface area contributed by atoms with Gasteiger partial charge in [0.25, 0.3) is 0 Å². The molecule has 0 rings (SSSR count). The van der Waals surface area contributed by atoms with Crippen LogP contribution in [0.4, 0.5) is 0 Å². The maximum absolute atomic E-state index is 9.89. The molecule has 0 aliphatic heterocycles. The Morgan fingerprint density at radius 3 is 2.00 bits per heavy atom. The van der Waals surface area contributed by atoms with Crippen molar-refractivity contribution in [2.45, 2.75) is 33.3 Å². The van der Waals surface area contributed by atoms with E-state index in [-0.39, 0.29) is 11.5 Å². The molecule has 0 heterocycles. The van der Waals surface area contributed by atoms with E-state index in [1.807, 2.05) is 12.2 Å². The SMILES string of the molecule is C=CCN(CC=C)CCC(O)C(C)(C)C. The van der Waals surface area contributed by atoms with Crippen LogP contribution < -0.4 is 0 Å². The molecule has 0 spiro atoms. The fourth-order valence-electron chi connectivity index (χ4n) is 1.36. The van der Waals surface area contributed by atoms with Crippen LogP contribution in [0.25, 0.3) is 0 Å². The molecular formula is C13H25NO. The second-order valence-corrected chi connectivity index (χ2v) is 5.01. The molecule has 1 atom stereocenters. The summed E-state index contributed by atoms with van der Waals surface area (Å²) >= 11 is 0. The van der Waals surface area contributed by atoms with Crippen LogP contribution in [0.2, 0.25) is 0 Å². The van der Waals surface area contributed by atoms with E-state index in [2.05, 4.69) is 38.8 Å². The Hall–Kier alpha value is -0.600. The van der Waals surface area contributed by atoms with Crippen molar-refractivity contribution in [1.82, 2.24) is 4.90 Å². The predicted molar refractivity (Wildman–Crippen MR) is 66.9 cm³/mol. The first-order chi connectivity index (χ1) is 6.91. The number of hydrogen-bond donors (Lipinski definition) is 1. The van der Waals surface area contributed by atoms with E-state index in [0.717, 1.165) is 26.1 Å². The average Bonchev–Trinajstić information content (AvgIpc) is 2.12. The lowest BCUT2D eigenvalue weighted by Gasteiger charge is -2.28. The summed E-state index contributed by atoms with van der Waals surface area (Å²) in [6.45, 7) is 16.2. The van der Waals surface area contributed by atoms with Gasteiger partial charge in [-0.25, -0.2) is 0 Å². The van der Waals surface area contributed by atoms with E-state index < -0.39 is 0 Å². The van der Waals surface area contributed by atoms with Crippen LogP contribution in [0.1, 0.15) is 27.2 Å². The third kappa shape index (κ3) is 6.47. The first kappa shape index (κ1) is 14.4. The molecule has 88 valence electrons. The van der Waals surface area contributed by atoms with Crippen LogP contribution in [0.3, 0.4) is 0 Å². The number of hydrogen-bond acceptors (Lipinski definition) is 2. The minimum atomic E-state index is -0.255. The second kappa shape index (κ2) is 6.81. The van der Waals surface area contributed by atoms with Gasteiger partial charge in [-0.3, -0.25) is 4.90 Å². The molecule has 0 aromatic carbocycles. The molecule has 1 unspecified atom stereocenters. The third-order valence-electron chi connectivity index (χ3n) is 2.49. The molecule has 0 aliphatic carbocycles. The Labute approximate surface area is 94.3 Å².